The van der Waals surface area contributed by atoms with Gasteiger partial charge in [-0.25, -0.2) is 4.98 Å². The van der Waals surface area contributed by atoms with Crippen molar-refractivity contribution in [3.63, 3.8) is 0 Å². The summed E-state index contributed by atoms with van der Waals surface area (Å²) >= 11 is 0. The molecule has 0 aliphatic rings. The van der Waals surface area contributed by atoms with Gasteiger partial charge in [0.15, 0.2) is 0 Å². The Kier molecular flexibility index (Phi) is 4.29. The van der Waals surface area contributed by atoms with E-state index in [-0.39, 0.29) is 6.04 Å². The molecule has 2 aromatic rings. The molecule has 0 radical (unpaired) electrons. The number of aromatic hydroxyl groups is 1. The Bertz CT molecular complexity index is 579. The average Bonchev–Trinajstić information content (AvgIpc) is 2.83. The van der Waals surface area contributed by atoms with E-state index in [0.717, 1.165) is 17.1 Å². The molecule has 1 unspecified atom stereocenters. The number of imidazole rings is 1. The van der Waals surface area contributed by atoms with Crippen molar-refractivity contribution in [2.24, 2.45) is 7.05 Å². The largest absolute Gasteiger partial charge is 0.508 e. The van der Waals surface area contributed by atoms with Crippen LogP contribution in [0.3, 0.4) is 0 Å². The second-order valence-electron chi connectivity index (χ2n) is 5.06. The maximum Gasteiger partial charge on any atom is 0.127 e. The third-order valence-corrected chi connectivity index (χ3v) is 3.65. The topological polar surface area (TPSA) is 53.3 Å². The number of nitrogens with zero attached hydrogens (tertiary/aromatic N) is 3. The molecule has 20 heavy (non-hydrogen) atoms. The molecule has 1 atom stereocenters. The first-order chi connectivity index (χ1) is 9.52. The lowest BCUT2D eigenvalue weighted by Crippen LogP contribution is -2.19. The number of rotatable bonds is 5. The van der Waals surface area contributed by atoms with E-state index in [0.29, 0.717) is 12.3 Å². The molecule has 1 aromatic heterocycles. The number of aromatic nitrogens is 2. The summed E-state index contributed by atoms with van der Waals surface area (Å²) in [5.74, 6) is 1.30. The van der Waals surface area contributed by atoms with Gasteiger partial charge in [-0.3, -0.25) is 0 Å². The molecular weight excluding hydrogens is 252 g/mol. The number of anilines is 1. The summed E-state index contributed by atoms with van der Waals surface area (Å²) in [6.45, 7) is 2.72. The maximum absolute atomic E-state index is 10.1. The molecule has 108 valence electrons. The Morgan fingerprint density at radius 3 is 2.75 bits per heavy atom. The third-order valence-electron chi connectivity index (χ3n) is 3.65. The molecular formula is C15H22N4O. The first-order valence-electron chi connectivity index (χ1n) is 6.70. The second-order valence-corrected chi connectivity index (χ2v) is 5.06. The number of aryl methyl sites for hydroxylation is 1. The van der Waals surface area contributed by atoms with Crippen molar-refractivity contribution in [2.45, 2.75) is 19.5 Å². The standard InChI is InChI=1S/C15H22N4O/c1-11(16-2)13-6-5-12(9-14(13)20)19(4)10-15-17-7-8-18(15)3/h5-9,11,16,20H,10H2,1-4H3. The number of hydrogen-bond donors (Lipinski definition) is 2. The van der Waals surface area contributed by atoms with Gasteiger partial charge in [0.2, 0.25) is 0 Å². The van der Waals surface area contributed by atoms with Gasteiger partial charge in [0, 0.05) is 49.8 Å². The predicted molar refractivity (Wildman–Crippen MR) is 80.9 cm³/mol. The Morgan fingerprint density at radius 1 is 1.45 bits per heavy atom. The number of hydrogen-bond acceptors (Lipinski definition) is 4. The summed E-state index contributed by atoms with van der Waals surface area (Å²) in [6.07, 6.45) is 3.72. The molecule has 0 saturated carbocycles. The zero-order valence-corrected chi connectivity index (χ0v) is 12.5. The molecule has 0 spiro atoms. The number of benzene rings is 1. The van der Waals surface area contributed by atoms with Crippen molar-refractivity contribution in [1.29, 1.82) is 0 Å². The molecule has 5 heteroatoms. The van der Waals surface area contributed by atoms with Crippen molar-refractivity contribution in [2.75, 3.05) is 19.0 Å². The van der Waals surface area contributed by atoms with Crippen molar-refractivity contribution in [3.8, 4) is 5.75 Å². The van der Waals surface area contributed by atoms with E-state index in [9.17, 15) is 5.11 Å². The fourth-order valence-electron chi connectivity index (χ4n) is 2.14. The first-order valence-corrected chi connectivity index (χ1v) is 6.70. The molecule has 0 bridgehead atoms. The van der Waals surface area contributed by atoms with Crippen molar-refractivity contribution in [3.05, 3.63) is 42.0 Å². The van der Waals surface area contributed by atoms with Crippen LogP contribution in [0.15, 0.2) is 30.6 Å². The van der Waals surface area contributed by atoms with E-state index < -0.39 is 0 Å². The molecule has 0 aliphatic heterocycles. The van der Waals surface area contributed by atoms with Crippen LogP contribution in [0.1, 0.15) is 24.4 Å². The zero-order valence-electron chi connectivity index (χ0n) is 12.5. The monoisotopic (exact) mass is 274 g/mol. The molecule has 1 heterocycles. The highest BCUT2D eigenvalue weighted by atomic mass is 16.3. The van der Waals surface area contributed by atoms with Crippen LogP contribution in [0.5, 0.6) is 5.75 Å². The quantitative estimate of drug-likeness (QED) is 0.876. The molecule has 2 N–H and O–H groups in total. The fraction of sp³-hybridized carbons (Fsp3) is 0.400. The van der Waals surface area contributed by atoms with Crippen LogP contribution in [-0.2, 0) is 13.6 Å². The lowest BCUT2D eigenvalue weighted by molar-refractivity contribution is 0.458. The number of phenols is 1. The Morgan fingerprint density at radius 2 is 2.20 bits per heavy atom. The summed E-state index contributed by atoms with van der Waals surface area (Å²) in [7, 11) is 5.85. The van der Waals surface area contributed by atoms with Crippen LogP contribution in [0, 0.1) is 0 Å². The van der Waals surface area contributed by atoms with Gasteiger partial charge in [-0.05, 0) is 20.0 Å². The molecule has 5 nitrogen and oxygen atoms in total. The van der Waals surface area contributed by atoms with Crippen LogP contribution in [0.2, 0.25) is 0 Å². The maximum atomic E-state index is 10.1. The fourth-order valence-corrected chi connectivity index (χ4v) is 2.14. The van der Waals surface area contributed by atoms with E-state index in [1.165, 1.54) is 0 Å². The summed E-state index contributed by atoms with van der Waals surface area (Å²) < 4.78 is 1.99. The van der Waals surface area contributed by atoms with Crippen molar-refractivity contribution >= 4 is 5.69 Å². The van der Waals surface area contributed by atoms with Crippen LogP contribution >= 0.6 is 0 Å². The first kappa shape index (κ1) is 14.4. The highest BCUT2D eigenvalue weighted by molar-refractivity contribution is 5.53. The Labute approximate surface area is 119 Å². The average molecular weight is 274 g/mol. The normalized spacial score (nSPS) is 12.4. The molecule has 0 amide bonds. The van der Waals surface area contributed by atoms with E-state index in [1.54, 1.807) is 12.3 Å². The number of nitrogens with one attached hydrogen (secondary N) is 1. The van der Waals surface area contributed by atoms with Gasteiger partial charge in [0.1, 0.15) is 11.6 Å². The Balaban J connectivity index is 2.17. The zero-order chi connectivity index (χ0) is 14.7. The summed E-state index contributed by atoms with van der Waals surface area (Å²) in [5.41, 5.74) is 1.87. The van der Waals surface area contributed by atoms with Crippen LogP contribution < -0.4 is 10.2 Å². The Hall–Kier alpha value is -2.01. The van der Waals surface area contributed by atoms with Gasteiger partial charge in [-0.15, -0.1) is 0 Å². The number of phenolic OH excluding ortho intramolecular Hbond substituents is 1. The minimum Gasteiger partial charge on any atom is -0.508 e. The van der Waals surface area contributed by atoms with Crippen molar-refractivity contribution < 1.29 is 5.11 Å². The van der Waals surface area contributed by atoms with Gasteiger partial charge in [-0.1, -0.05) is 6.07 Å². The van der Waals surface area contributed by atoms with Crippen LogP contribution in [0.25, 0.3) is 0 Å². The molecule has 2 rings (SSSR count). The van der Waals surface area contributed by atoms with Gasteiger partial charge in [0.05, 0.1) is 6.54 Å². The minimum atomic E-state index is 0.129. The predicted octanol–water partition coefficient (Wildman–Crippen LogP) is 2.04. The summed E-state index contributed by atoms with van der Waals surface area (Å²) in [6, 6.07) is 5.91. The SMILES string of the molecule is CNC(C)c1ccc(N(C)Cc2nccn2C)cc1O. The third kappa shape index (κ3) is 2.93. The van der Waals surface area contributed by atoms with Gasteiger partial charge in [-0.2, -0.15) is 0 Å². The van der Waals surface area contributed by atoms with E-state index in [1.807, 2.05) is 51.0 Å². The molecule has 1 aromatic carbocycles. The second kappa shape index (κ2) is 5.96. The van der Waals surface area contributed by atoms with Crippen LogP contribution in [0.4, 0.5) is 5.69 Å². The molecule has 0 saturated heterocycles. The lowest BCUT2D eigenvalue weighted by Gasteiger charge is -2.21. The van der Waals surface area contributed by atoms with E-state index >= 15 is 0 Å². The van der Waals surface area contributed by atoms with Crippen LogP contribution in [-0.4, -0.2) is 28.8 Å². The van der Waals surface area contributed by atoms with Gasteiger partial charge < -0.3 is 19.9 Å². The highest BCUT2D eigenvalue weighted by Gasteiger charge is 2.11. The van der Waals surface area contributed by atoms with Gasteiger partial charge in [0.25, 0.3) is 0 Å². The molecule has 0 aliphatic carbocycles. The summed E-state index contributed by atoms with van der Waals surface area (Å²) in [4.78, 5) is 6.38. The summed E-state index contributed by atoms with van der Waals surface area (Å²) in [5, 5.41) is 13.3. The minimum absolute atomic E-state index is 0.129. The van der Waals surface area contributed by atoms with Crippen molar-refractivity contribution in [1.82, 2.24) is 14.9 Å². The smallest absolute Gasteiger partial charge is 0.127 e. The van der Waals surface area contributed by atoms with Gasteiger partial charge >= 0.3 is 0 Å². The molecule has 0 fully saturated rings. The van der Waals surface area contributed by atoms with E-state index in [4.69, 9.17) is 0 Å². The van der Waals surface area contributed by atoms with E-state index in [2.05, 4.69) is 15.2 Å². The highest BCUT2D eigenvalue weighted by Crippen LogP contribution is 2.28. The lowest BCUT2D eigenvalue weighted by atomic mass is 10.1.